The normalized spacial score (nSPS) is 12.8. The highest BCUT2D eigenvalue weighted by Crippen LogP contribution is 2.20. The maximum Gasteiger partial charge on any atom is 0.0314 e. The molecule has 1 rings (SSSR count). The number of hydrogen-bond acceptors (Lipinski definition) is 2. The van der Waals surface area contributed by atoms with E-state index in [4.69, 9.17) is 5.73 Å². The molecule has 0 aromatic heterocycles. The Bertz CT molecular complexity index is 383. The van der Waals surface area contributed by atoms with E-state index >= 15 is 0 Å². The van der Waals surface area contributed by atoms with E-state index in [-0.39, 0.29) is 5.54 Å². The standard InChI is InChI=1S/C16H26N2/c1-5-6-13(11-12-18-16(2,3)4)14-7-9-15(17)10-8-14/h6-10,18H,5,11-12,17H2,1-4H3/b13-6+. The average molecular weight is 246 g/mol. The number of anilines is 1. The fourth-order valence-electron chi connectivity index (χ4n) is 1.88. The molecule has 18 heavy (non-hydrogen) atoms. The van der Waals surface area contributed by atoms with Gasteiger partial charge in [-0.1, -0.05) is 25.1 Å². The second-order valence-electron chi connectivity index (χ2n) is 5.69. The first-order chi connectivity index (χ1) is 8.42. The van der Waals surface area contributed by atoms with E-state index in [0.29, 0.717) is 0 Å². The van der Waals surface area contributed by atoms with Gasteiger partial charge in [-0.15, -0.1) is 0 Å². The molecule has 0 unspecified atom stereocenters. The van der Waals surface area contributed by atoms with Crippen molar-refractivity contribution in [3.63, 3.8) is 0 Å². The number of nitrogens with one attached hydrogen (secondary N) is 1. The molecule has 3 N–H and O–H groups in total. The highest BCUT2D eigenvalue weighted by atomic mass is 14.9. The first-order valence-electron chi connectivity index (χ1n) is 6.72. The first kappa shape index (κ1) is 14.8. The molecule has 0 amide bonds. The van der Waals surface area contributed by atoms with E-state index in [1.165, 1.54) is 11.1 Å². The highest BCUT2D eigenvalue weighted by molar-refractivity contribution is 5.67. The second kappa shape index (κ2) is 6.60. The SMILES string of the molecule is CC/C=C(\CCNC(C)(C)C)c1ccc(N)cc1. The van der Waals surface area contributed by atoms with Crippen LogP contribution in [0.1, 0.15) is 46.1 Å². The van der Waals surface area contributed by atoms with Gasteiger partial charge in [-0.3, -0.25) is 0 Å². The molecule has 0 bridgehead atoms. The quantitative estimate of drug-likeness (QED) is 0.775. The molecule has 0 spiro atoms. The van der Waals surface area contributed by atoms with Gasteiger partial charge in [-0.25, -0.2) is 0 Å². The van der Waals surface area contributed by atoms with E-state index in [1.54, 1.807) is 0 Å². The number of benzene rings is 1. The number of hydrogen-bond donors (Lipinski definition) is 2. The Labute approximate surface area is 111 Å². The van der Waals surface area contributed by atoms with Gasteiger partial charge in [-0.2, -0.15) is 0 Å². The molecule has 0 fully saturated rings. The zero-order valence-corrected chi connectivity index (χ0v) is 12.1. The second-order valence-corrected chi connectivity index (χ2v) is 5.69. The van der Waals surface area contributed by atoms with Crippen molar-refractivity contribution in [2.75, 3.05) is 12.3 Å². The molecule has 0 saturated heterocycles. The number of allylic oxidation sites excluding steroid dienone is 1. The lowest BCUT2D eigenvalue weighted by Gasteiger charge is -2.21. The van der Waals surface area contributed by atoms with Gasteiger partial charge in [0, 0.05) is 11.2 Å². The fourth-order valence-corrected chi connectivity index (χ4v) is 1.88. The average Bonchev–Trinajstić information content (AvgIpc) is 2.27. The van der Waals surface area contributed by atoms with Crippen molar-refractivity contribution in [2.45, 2.75) is 46.1 Å². The molecule has 0 aliphatic rings. The molecule has 2 nitrogen and oxygen atoms in total. The third-order valence-electron chi connectivity index (χ3n) is 2.78. The summed E-state index contributed by atoms with van der Waals surface area (Å²) < 4.78 is 0. The smallest absolute Gasteiger partial charge is 0.0314 e. The fraction of sp³-hybridized carbons (Fsp3) is 0.500. The van der Waals surface area contributed by atoms with Gasteiger partial charge in [0.05, 0.1) is 0 Å². The Morgan fingerprint density at radius 3 is 2.33 bits per heavy atom. The van der Waals surface area contributed by atoms with E-state index < -0.39 is 0 Å². The molecule has 0 aliphatic heterocycles. The van der Waals surface area contributed by atoms with Crippen molar-refractivity contribution in [1.82, 2.24) is 5.32 Å². The summed E-state index contributed by atoms with van der Waals surface area (Å²) in [5.41, 5.74) is 9.40. The van der Waals surface area contributed by atoms with Crippen molar-refractivity contribution >= 4 is 11.3 Å². The summed E-state index contributed by atoms with van der Waals surface area (Å²) in [7, 11) is 0. The Hall–Kier alpha value is -1.28. The Morgan fingerprint density at radius 1 is 1.22 bits per heavy atom. The summed E-state index contributed by atoms with van der Waals surface area (Å²) in [5.74, 6) is 0. The van der Waals surface area contributed by atoms with Crippen LogP contribution >= 0.6 is 0 Å². The first-order valence-corrected chi connectivity index (χ1v) is 6.72. The predicted octanol–water partition coefficient (Wildman–Crippen LogP) is 3.84. The van der Waals surface area contributed by atoms with Crippen LogP contribution in [0.3, 0.4) is 0 Å². The van der Waals surface area contributed by atoms with Crippen LogP contribution in [-0.4, -0.2) is 12.1 Å². The number of rotatable bonds is 5. The summed E-state index contributed by atoms with van der Waals surface area (Å²) in [6, 6.07) is 8.15. The van der Waals surface area contributed by atoms with Gasteiger partial charge >= 0.3 is 0 Å². The Morgan fingerprint density at radius 2 is 1.83 bits per heavy atom. The summed E-state index contributed by atoms with van der Waals surface area (Å²) in [6.07, 6.45) is 4.42. The van der Waals surface area contributed by atoms with Gasteiger partial charge < -0.3 is 11.1 Å². The zero-order valence-electron chi connectivity index (χ0n) is 12.1. The molecule has 0 aliphatic carbocycles. The third kappa shape index (κ3) is 5.37. The molecule has 0 atom stereocenters. The Kier molecular flexibility index (Phi) is 5.42. The van der Waals surface area contributed by atoms with Crippen LogP contribution < -0.4 is 11.1 Å². The van der Waals surface area contributed by atoms with Crippen molar-refractivity contribution in [1.29, 1.82) is 0 Å². The lowest BCUT2D eigenvalue weighted by Crippen LogP contribution is -2.36. The molecule has 0 radical (unpaired) electrons. The van der Waals surface area contributed by atoms with Crippen LogP contribution in [0.4, 0.5) is 5.69 Å². The highest BCUT2D eigenvalue weighted by Gasteiger charge is 2.08. The van der Waals surface area contributed by atoms with Crippen LogP contribution in [0.15, 0.2) is 30.3 Å². The largest absolute Gasteiger partial charge is 0.399 e. The van der Waals surface area contributed by atoms with Crippen LogP contribution in [0, 0.1) is 0 Å². The third-order valence-corrected chi connectivity index (χ3v) is 2.78. The monoisotopic (exact) mass is 246 g/mol. The molecule has 0 heterocycles. The Balaban J connectivity index is 2.66. The van der Waals surface area contributed by atoms with Crippen LogP contribution in [0.5, 0.6) is 0 Å². The van der Waals surface area contributed by atoms with Crippen LogP contribution in [0.25, 0.3) is 5.57 Å². The minimum Gasteiger partial charge on any atom is -0.399 e. The summed E-state index contributed by atoms with van der Waals surface area (Å²) in [4.78, 5) is 0. The van der Waals surface area contributed by atoms with Crippen LogP contribution in [0.2, 0.25) is 0 Å². The maximum atomic E-state index is 5.73. The molecule has 1 aromatic carbocycles. The molecule has 0 saturated carbocycles. The van der Waals surface area contributed by atoms with E-state index in [1.807, 2.05) is 12.1 Å². The number of nitrogen functional groups attached to an aromatic ring is 1. The van der Waals surface area contributed by atoms with E-state index in [0.717, 1.165) is 25.1 Å². The molecule has 100 valence electrons. The van der Waals surface area contributed by atoms with E-state index in [9.17, 15) is 0 Å². The van der Waals surface area contributed by atoms with E-state index in [2.05, 4.69) is 51.2 Å². The molecular formula is C16H26N2. The predicted molar refractivity (Wildman–Crippen MR) is 81.5 cm³/mol. The van der Waals surface area contributed by atoms with Crippen molar-refractivity contribution in [2.24, 2.45) is 0 Å². The summed E-state index contributed by atoms with van der Waals surface area (Å²) in [5, 5.41) is 3.53. The van der Waals surface area contributed by atoms with Gasteiger partial charge in [-0.05, 0) is 63.4 Å². The van der Waals surface area contributed by atoms with Gasteiger partial charge in [0.15, 0.2) is 0 Å². The van der Waals surface area contributed by atoms with Gasteiger partial charge in [0.25, 0.3) is 0 Å². The minimum absolute atomic E-state index is 0.179. The zero-order chi connectivity index (χ0) is 13.6. The summed E-state index contributed by atoms with van der Waals surface area (Å²) >= 11 is 0. The van der Waals surface area contributed by atoms with Crippen molar-refractivity contribution < 1.29 is 0 Å². The molecule has 2 heteroatoms. The van der Waals surface area contributed by atoms with Gasteiger partial charge in [0.1, 0.15) is 0 Å². The van der Waals surface area contributed by atoms with Crippen molar-refractivity contribution in [3.8, 4) is 0 Å². The topological polar surface area (TPSA) is 38.0 Å². The number of nitrogens with two attached hydrogens (primary N) is 1. The molecule has 1 aromatic rings. The molecular weight excluding hydrogens is 220 g/mol. The van der Waals surface area contributed by atoms with Crippen LogP contribution in [-0.2, 0) is 0 Å². The van der Waals surface area contributed by atoms with Crippen molar-refractivity contribution in [3.05, 3.63) is 35.9 Å². The summed E-state index contributed by atoms with van der Waals surface area (Å²) in [6.45, 7) is 9.76. The minimum atomic E-state index is 0.179. The maximum absolute atomic E-state index is 5.73. The lowest BCUT2D eigenvalue weighted by molar-refractivity contribution is 0.432. The van der Waals surface area contributed by atoms with Gasteiger partial charge in [0.2, 0.25) is 0 Å². The lowest BCUT2D eigenvalue weighted by atomic mass is 10.0.